The minimum atomic E-state index is 0.461. The highest BCUT2D eigenvalue weighted by Crippen LogP contribution is 2.35. The Bertz CT molecular complexity index is 261. The van der Waals surface area contributed by atoms with Crippen molar-refractivity contribution < 1.29 is 4.74 Å². The summed E-state index contributed by atoms with van der Waals surface area (Å²) in [6.45, 7) is 2.30. The van der Waals surface area contributed by atoms with Gasteiger partial charge < -0.3 is 15.4 Å². The van der Waals surface area contributed by atoms with Crippen LogP contribution in [0, 0.1) is 11.8 Å². The van der Waals surface area contributed by atoms with Crippen molar-refractivity contribution in [3.05, 3.63) is 0 Å². The third-order valence-corrected chi connectivity index (χ3v) is 5.22. The van der Waals surface area contributed by atoms with Gasteiger partial charge in [-0.2, -0.15) is 0 Å². The molecule has 1 heterocycles. The molecule has 1 saturated heterocycles. The van der Waals surface area contributed by atoms with Crippen LogP contribution in [0.4, 0.5) is 0 Å². The Kier molecular flexibility index (Phi) is 4.22. The maximum Gasteiger partial charge on any atom is 0.0723 e. The second-order valence-electron chi connectivity index (χ2n) is 6.42. The number of hydrogen-bond acceptors (Lipinski definition) is 3. The summed E-state index contributed by atoms with van der Waals surface area (Å²) in [7, 11) is 1.87. The number of methoxy groups -OCH3 is 1. The molecule has 0 radical (unpaired) electrons. The molecule has 4 unspecified atom stereocenters. The van der Waals surface area contributed by atoms with Gasteiger partial charge in [0.25, 0.3) is 0 Å². The zero-order chi connectivity index (χ0) is 12.4. The minimum Gasteiger partial charge on any atom is -0.380 e. The van der Waals surface area contributed by atoms with Crippen LogP contribution in [0.3, 0.4) is 0 Å². The van der Waals surface area contributed by atoms with Crippen LogP contribution in [0.2, 0.25) is 0 Å². The Balaban J connectivity index is 1.48. The van der Waals surface area contributed by atoms with E-state index >= 15 is 0 Å². The van der Waals surface area contributed by atoms with E-state index in [4.69, 9.17) is 4.74 Å². The van der Waals surface area contributed by atoms with Crippen molar-refractivity contribution >= 4 is 0 Å². The molecule has 3 rings (SSSR count). The van der Waals surface area contributed by atoms with Crippen LogP contribution >= 0.6 is 0 Å². The molecular weight excluding hydrogens is 224 g/mol. The summed E-state index contributed by atoms with van der Waals surface area (Å²) in [5.41, 5.74) is 0. The van der Waals surface area contributed by atoms with E-state index in [0.717, 1.165) is 30.5 Å². The van der Waals surface area contributed by atoms with Gasteiger partial charge in [0.2, 0.25) is 0 Å². The summed E-state index contributed by atoms with van der Waals surface area (Å²) >= 11 is 0. The largest absolute Gasteiger partial charge is 0.380 e. The fraction of sp³-hybridized carbons (Fsp3) is 1.00. The number of ether oxygens (including phenoxy) is 1. The summed E-state index contributed by atoms with van der Waals surface area (Å²) in [4.78, 5) is 0. The Morgan fingerprint density at radius 3 is 2.72 bits per heavy atom. The third kappa shape index (κ3) is 2.89. The topological polar surface area (TPSA) is 33.3 Å². The monoisotopic (exact) mass is 252 g/mol. The Morgan fingerprint density at radius 1 is 1.17 bits per heavy atom. The molecule has 2 saturated carbocycles. The first-order valence-electron chi connectivity index (χ1n) is 7.88. The zero-order valence-corrected chi connectivity index (χ0v) is 11.7. The van der Waals surface area contributed by atoms with Crippen molar-refractivity contribution in [3.63, 3.8) is 0 Å². The molecule has 3 aliphatic rings. The fourth-order valence-electron chi connectivity index (χ4n) is 3.98. The molecule has 0 aromatic rings. The van der Waals surface area contributed by atoms with Gasteiger partial charge in [0, 0.05) is 25.7 Å². The van der Waals surface area contributed by atoms with E-state index in [0.29, 0.717) is 6.10 Å². The van der Waals surface area contributed by atoms with Gasteiger partial charge in [-0.1, -0.05) is 6.42 Å². The van der Waals surface area contributed by atoms with Crippen LogP contribution < -0.4 is 10.6 Å². The smallest absolute Gasteiger partial charge is 0.0723 e. The molecule has 4 atom stereocenters. The van der Waals surface area contributed by atoms with E-state index in [-0.39, 0.29) is 0 Å². The average molecular weight is 252 g/mol. The molecule has 2 aliphatic carbocycles. The van der Waals surface area contributed by atoms with Gasteiger partial charge in [-0.3, -0.25) is 0 Å². The molecule has 0 aromatic carbocycles. The molecule has 3 fully saturated rings. The first-order chi connectivity index (χ1) is 8.88. The summed E-state index contributed by atoms with van der Waals surface area (Å²) in [5, 5.41) is 7.51. The van der Waals surface area contributed by atoms with E-state index in [9.17, 15) is 0 Å². The van der Waals surface area contributed by atoms with E-state index in [2.05, 4.69) is 10.6 Å². The van der Waals surface area contributed by atoms with Gasteiger partial charge >= 0.3 is 0 Å². The highest BCUT2D eigenvalue weighted by molar-refractivity contribution is 4.94. The normalized spacial score (nSPS) is 38.2. The number of rotatable bonds is 6. The van der Waals surface area contributed by atoms with Gasteiger partial charge in [0.1, 0.15) is 0 Å². The van der Waals surface area contributed by atoms with Crippen molar-refractivity contribution in [1.29, 1.82) is 0 Å². The molecular formula is C15H28N2O. The van der Waals surface area contributed by atoms with Crippen LogP contribution in [-0.2, 0) is 4.74 Å². The summed E-state index contributed by atoms with van der Waals surface area (Å²) < 4.78 is 5.62. The minimum absolute atomic E-state index is 0.461. The van der Waals surface area contributed by atoms with Crippen molar-refractivity contribution in [3.8, 4) is 0 Å². The molecule has 0 bridgehead atoms. The van der Waals surface area contributed by atoms with E-state index < -0.39 is 0 Å². The van der Waals surface area contributed by atoms with Gasteiger partial charge in [-0.25, -0.2) is 0 Å². The molecule has 0 aromatic heterocycles. The van der Waals surface area contributed by atoms with Crippen LogP contribution in [-0.4, -0.2) is 38.4 Å². The lowest BCUT2D eigenvalue weighted by Gasteiger charge is -2.28. The Hall–Kier alpha value is -0.120. The fourth-order valence-corrected chi connectivity index (χ4v) is 3.98. The van der Waals surface area contributed by atoms with Crippen LogP contribution in [0.1, 0.15) is 44.9 Å². The second-order valence-corrected chi connectivity index (χ2v) is 6.42. The molecule has 0 spiro atoms. The van der Waals surface area contributed by atoms with E-state index in [1.165, 1.54) is 51.5 Å². The Labute approximate surface area is 111 Å². The summed E-state index contributed by atoms with van der Waals surface area (Å²) in [5.74, 6) is 1.70. The number of hydrogen-bond donors (Lipinski definition) is 2. The predicted molar refractivity (Wildman–Crippen MR) is 73.7 cm³/mol. The van der Waals surface area contributed by atoms with Gasteiger partial charge in [0.05, 0.1) is 6.10 Å². The average Bonchev–Trinajstić information content (AvgIpc) is 2.92. The maximum atomic E-state index is 5.62. The first kappa shape index (κ1) is 12.9. The van der Waals surface area contributed by atoms with Gasteiger partial charge in [-0.05, 0) is 56.9 Å². The summed E-state index contributed by atoms with van der Waals surface area (Å²) in [6, 6.07) is 1.52. The van der Waals surface area contributed by atoms with Crippen molar-refractivity contribution in [1.82, 2.24) is 10.6 Å². The standard InChI is InChI=1S/C15H28N2O/c1-18-15(11-7-8-11)10-17-14-5-2-4-12(14)13-6-3-9-16-13/h11-17H,2-10H2,1H3. The highest BCUT2D eigenvalue weighted by Gasteiger charge is 2.36. The van der Waals surface area contributed by atoms with Crippen molar-refractivity contribution in [2.75, 3.05) is 20.2 Å². The SMILES string of the molecule is COC(CNC1CCCC1C1CCCN1)C1CC1. The Morgan fingerprint density at radius 2 is 2.06 bits per heavy atom. The van der Waals surface area contributed by atoms with Crippen LogP contribution in [0.15, 0.2) is 0 Å². The third-order valence-electron chi connectivity index (χ3n) is 5.22. The molecule has 104 valence electrons. The van der Waals surface area contributed by atoms with Crippen LogP contribution in [0.25, 0.3) is 0 Å². The van der Waals surface area contributed by atoms with Gasteiger partial charge in [-0.15, -0.1) is 0 Å². The zero-order valence-electron chi connectivity index (χ0n) is 11.7. The second kappa shape index (κ2) is 5.89. The maximum absolute atomic E-state index is 5.62. The van der Waals surface area contributed by atoms with Gasteiger partial charge in [0.15, 0.2) is 0 Å². The lowest BCUT2D eigenvalue weighted by atomic mass is 9.93. The molecule has 3 nitrogen and oxygen atoms in total. The lowest BCUT2D eigenvalue weighted by Crippen LogP contribution is -2.45. The summed E-state index contributed by atoms with van der Waals surface area (Å²) in [6.07, 6.45) is 10.2. The molecule has 18 heavy (non-hydrogen) atoms. The first-order valence-corrected chi connectivity index (χ1v) is 7.88. The van der Waals surface area contributed by atoms with Crippen molar-refractivity contribution in [2.45, 2.75) is 63.1 Å². The van der Waals surface area contributed by atoms with E-state index in [1.54, 1.807) is 0 Å². The highest BCUT2D eigenvalue weighted by atomic mass is 16.5. The van der Waals surface area contributed by atoms with Crippen molar-refractivity contribution in [2.24, 2.45) is 11.8 Å². The predicted octanol–water partition coefficient (Wildman–Crippen LogP) is 1.92. The quantitative estimate of drug-likeness (QED) is 0.758. The number of nitrogens with one attached hydrogen (secondary N) is 2. The van der Waals surface area contributed by atoms with E-state index in [1.807, 2.05) is 7.11 Å². The molecule has 1 aliphatic heterocycles. The lowest BCUT2D eigenvalue weighted by molar-refractivity contribution is 0.0791. The molecule has 3 heteroatoms. The molecule has 0 amide bonds. The molecule has 2 N–H and O–H groups in total. The van der Waals surface area contributed by atoms with Crippen LogP contribution in [0.5, 0.6) is 0 Å².